The quantitative estimate of drug-likeness (QED) is 0.374. The van der Waals surface area contributed by atoms with E-state index in [1.165, 1.54) is 0 Å². The summed E-state index contributed by atoms with van der Waals surface area (Å²) in [4.78, 5) is 26.1. The van der Waals surface area contributed by atoms with Crippen molar-refractivity contribution < 1.29 is 9.53 Å². The maximum absolute atomic E-state index is 12.4. The minimum Gasteiger partial charge on any atom is -0.495 e. The number of hydrogen-bond acceptors (Lipinski definition) is 5. The van der Waals surface area contributed by atoms with Crippen LogP contribution in [0.3, 0.4) is 0 Å². The molecule has 1 unspecified atom stereocenters. The van der Waals surface area contributed by atoms with Crippen LogP contribution in [0.25, 0.3) is 0 Å². The van der Waals surface area contributed by atoms with Crippen LogP contribution in [0, 0.1) is 0 Å². The Morgan fingerprint density at radius 3 is 2.62 bits per heavy atom. The van der Waals surface area contributed by atoms with Crippen molar-refractivity contribution in [1.82, 2.24) is 20.0 Å². The number of methoxy groups -OCH3 is 1. The van der Waals surface area contributed by atoms with Gasteiger partial charge >= 0.3 is 0 Å². The number of anilines is 1. The molecule has 2 saturated heterocycles. The highest BCUT2D eigenvalue weighted by atomic mass is 16.5. The molecule has 178 valence electrons. The molecular formula is C24H40N6O2. The van der Waals surface area contributed by atoms with Crippen LogP contribution >= 0.6 is 0 Å². The van der Waals surface area contributed by atoms with Gasteiger partial charge in [0.15, 0.2) is 5.96 Å². The van der Waals surface area contributed by atoms with Gasteiger partial charge in [-0.1, -0.05) is 12.1 Å². The Labute approximate surface area is 193 Å². The second kappa shape index (κ2) is 11.9. The fourth-order valence-electron chi connectivity index (χ4n) is 4.61. The molecule has 0 saturated carbocycles. The number of para-hydroxylation sites is 2. The lowest BCUT2D eigenvalue weighted by Crippen LogP contribution is -2.52. The summed E-state index contributed by atoms with van der Waals surface area (Å²) in [5.74, 6) is 2.15. The van der Waals surface area contributed by atoms with Gasteiger partial charge in [-0.15, -0.1) is 0 Å². The summed E-state index contributed by atoms with van der Waals surface area (Å²) in [6.07, 6.45) is 3.04. The molecule has 0 radical (unpaired) electrons. The molecular weight excluding hydrogens is 404 g/mol. The molecule has 8 heteroatoms. The summed E-state index contributed by atoms with van der Waals surface area (Å²) in [7, 11) is 5.42. The van der Waals surface area contributed by atoms with Gasteiger partial charge in [0.1, 0.15) is 5.75 Å². The Balaban J connectivity index is 1.50. The highest BCUT2D eigenvalue weighted by Crippen LogP contribution is 2.28. The molecule has 32 heavy (non-hydrogen) atoms. The second-order valence-corrected chi connectivity index (χ2v) is 8.66. The van der Waals surface area contributed by atoms with Crippen LogP contribution in [0.5, 0.6) is 5.75 Å². The van der Waals surface area contributed by atoms with Gasteiger partial charge in [0.2, 0.25) is 5.91 Å². The number of hydrogen-bond donors (Lipinski definition) is 1. The van der Waals surface area contributed by atoms with Crippen LogP contribution in [0.1, 0.15) is 26.2 Å². The lowest BCUT2D eigenvalue weighted by atomic mass is 10.2. The molecule has 1 aromatic rings. The highest BCUT2D eigenvalue weighted by molar-refractivity contribution is 5.81. The predicted molar refractivity (Wildman–Crippen MR) is 131 cm³/mol. The number of guanidine groups is 1. The lowest BCUT2D eigenvalue weighted by molar-refractivity contribution is -0.133. The Morgan fingerprint density at radius 1 is 1.19 bits per heavy atom. The summed E-state index contributed by atoms with van der Waals surface area (Å²) >= 11 is 0. The highest BCUT2D eigenvalue weighted by Gasteiger charge is 2.31. The number of piperazine rings is 1. The monoisotopic (exact) mass is 444 g/mol. The van der Waals surface area contributed by atoms with Gasteiger partial charge < -0.3 is 24.8 Å². The first-order valence-corrected chi connectivity index (χ1v) is 11.9. The number of carbonyl (C=O) groups is 1. The topological polar surface area (TPSA) is 63.7 Å². The molecule has 1 amide bonds. The van der Waals surface area contributed by atoms with E-state index in [4.69, 9.17) is 9.73 Å². The third kappa shape index (κ3) is 6.06. The number of benzene rings is 1. The molecule has 1 aromatic carbocycles. The minimum atomic E-state index is 0.0465. The van der Waals surface area contributed by atoms with Crippen molar-refractivity contribution in [2.75, 3.05) is 78.5 Å². The van der Waals surface area contributed by atoms with Gasteiger partial charge in [-0.3, -0.25) is 14.7 Å². The standard InChI is InChI=1S/C24H40N6O2/c1-5-25-24(26-13-9-15-28-14-8-11-21(28)23(31)27(2)3)30-18-16-29(17-19-30)20-10-6-7-12-22(20)32-4/h6-7,10,12,21H,5,8-9,11,13-19H2,1-4H3,(H,25,26). The van der Waals surface area contributed by atoms with Crippen molar-refractivity contribution in [2.24, 2.45) is 4.99 Å². The van der Waals surface area contributed by atoms with Crippen LogP contribution in [-0.4, -0.2) is 106 Å². The Hall–Kier alpha value is -2.48. The van der Waals surface area contributed by atoms with E-state index in [9.17, 15) is 4.79 Å². The van der Waals surface area contributed by atoms with Crippen molar-refractivity contribution >= 4 is 17.6 Å². The summed E-state index contributed by atoms with van der Waals surface area (Å²) < 4.78 is 5.54. The summed E-state index contributed by atoms with van der Waals surface area (Å²) in [5.41, 5.74) is 1.16. The molecule has 1 atom stereocenters. The average molecular weight is 445 g/mol. The molecule has 1 N–H and O–H groups in total. The van der Waals surface area contributed by atoms with Gasteiger partial charge in [0.05, 0.1) is 18.8 Å². The van der Waals surface area contributed by atoms with E-state index in [2.05, 4.69) is 39.1 Å². The third-order valence-corrected chi connectivity index (χ3v) is 6.29. The van der Waals surface area contributed by atoms with Gasteiger partial charge in [-0.25, -0.2) is 0 Å². The van der Waals surface area contributed by atoms with E-state index < -0.39 is 0 Å². The normalized spacial score (nSPS) is 19.9. The third-order valence-electron chi connectivity index (χ3n) is 6.29. The fourth-order valence-corrected chi connectivity index (χ4v) is 4.61. The number of amides is 1. The summed E-state index contributed by atoms with van der Waals surface area (Å²) in [6, 6.07) is 8.26. The zero-order chi connectivity index (χ0) is 22.9. The Morgan fingerprint density at radius 2 is 1.94 bits per heavy atom. The lowest BCUT2D eigenvalue weighted by Gasteiger charge is -2.38. The van der Waals surface area contributed by atoms with E-state index >= 15 is 0 Å². The smallest absolute Gasteiger partial charge is 0.239 e. The molecule has 3 rings (SSSR count). The Kier molecular flexibility index (Phi) is 9.02. The van der Waals surface area contributed by atoms with E-state index in [1.54, 1.807) is 12.0 Å². The SMILES string of the molecule is CCNC(=NCCCN1CCCC1C(=O)N(C)C)N1CCN(c2ccccc2OC)CC1. The van der Waals surface area contributed by atoms with Gasteiger partial charge in [0.25, 0.3) is 0 Å². The van der Waals surface area contributed by atoms with Crippen molar-refractivity contribution in [3.05, 3.63) is 24.3 Å². The average Bonchev–Trinajstić information content (AvgIpc) is 3.29. The molecule has 2 aliphatic heterocycles. The maximum Gasteiger partial charge on any atom is 0.239 e. The molecule has 8 nitrogen and oxygen atoms in total. The zero-order valence-corrected chi connectivity index (χ0v) is 20.2. The van der Waals surface area contributed by atoms with Crippen molar-refractivity contribution in [1.29, 1.82) is 0 Å². The van der Waals surface area contributed by atoms with E-state index in [0.29, 0.717) is 0 Å². The number of nitrogens with zero attached hydrogens (tertiary/aromatic N) is 5. The zero-order valence-electron chi connectivity index (χ0n) is 20.2. The number of aliphatic imine (C=N–C) groups is 1. The van der Waals surface area contributed by atoms with Crippen LogP contribution in [-0.2, 0) is 4.79 Å². The summed E-state index contributed by atoms with van der Waals surface area (Å²) in [5, 5.41) is 3.46. The molecule has 0 aromatic heterocycles. The predicted octanol–water partition coefficient (Wildman–Crippen LogP) is 1.73. The van der Waals surface area contributed by atoms with Crippen molar-refractivity contribution in [3.8, 4) is 5.75 Å². The molecule has 0 spiro atoms. The number of likely N-dealkylation sites (N-methyl/N-ethyl adjacent to an activating group) is 1. The molecule has 2 heterocycles. The van der Waals surface area contributed by atoms with Gasteiger partial charge in [-0.05, 0) is 44.9 Å². The van der Waals surface area contributed by atoms with Crippen LogP contribution in [0.15, 0.2) is 29.3 Å². The summed E-state index contributed by atoms with van der Waals surface area (Å²) in [6.45, 7) is 9.41. The number of carbonyl (C=O) groups excluding carboxylic acids is 1. The molecule has 0 aliphatic carbocycles. The minimum absolute atomic E-state index is 0.0465. The van der Waals surface area contributed by atoms with E-state index in [0.717, 1.165) is 89.0 Å². The fraction of sp³-hybridized carbons (Fsp3) is 0.667. The van der Waals surface area contributed by atoms with E-state index in [-0.39, 0.29) is 11.9 Å². The van der Waals surface area contributed by atoms with Gasteiger partial charge in [0, 0.05) is 59.9 Å². The van der Waals surface area contributed by atoms with Crippen LogP contribution in [0.2, 0.25) is 0 Å². The van der Waals surface area contributed by atoms with Crippen molar-refractivity contribution in [3.63, 3.8) is 0 Å². The number of rotatable bonds is 8. The maximum atomic E-state index is 12.4. The molecule has 2 aliphatic rings. The number of likely N-dealkylation sites (tertiary alicyclic amines) is 1. The number of ether oxygens (including phenoxy) is 1. The van der Waals surface area contributed by atoms with Crippen molar-refractivity contribution in [2.45, 2.75) is 32.2 Å². The molecule has 2 fully saturated rings. The van der Waals surface area contributed by atoms with E-state index in [1.807, 2.05) is 26.2 Å². The first-order valence-electron chi connectivity index (χ1n) is 11.9. The second-order valence-electron chi connectivity index (χ2n) is 8.66. The van der Waals surface area contributed by atoms with Crippen LogP contribution in [0.4, 0.5) is 5.69 Å². The Bertz CT molecular complexity index is 761. The largest absolute Gasteiger partial charge is 0.495 e. The first kappa shape index (κ1) is 24.2. The molecule has 0 bridgehead atoms. The van der Waals surface area contributed by atoms with Gasteiger partial charge in [-0.2, -0.15) is 0 Å². The first-order chi connectivity index (χ1) is 15.5. The van der Waals surface area contributed by atoms with Crippen LogP contribution < -0.4 is 15.0 Å². The number of nitrogens with one attached hydrogen (secondary N) is 1.